The Morgan fingerprint density at radius 2 is 1.87 bits per heavy atom. The van der Waals surface area contributed by atoms with Crippen molar-refractivity contribution in [3.8, 4) is 11.5 Å². The number of carbonyl (C=O) groups is 1. The smallest absolute Gasteiger partial charge is 0.251 e. The van der Waals surface area contributed by atoms with Crippen LogP contribution in [0.4, 0.5) is 0 Å². The molecule has 0 fully saturated rings. The van der Waals surface area contributed by atoms with Crippen LogP contribution in [0.5, 0.6) is 11.5 Å². The molecule has 0 aliphatic heterocycles. The Hall–Kier alpha value is -4.14. The first-order chi connectivity index (χ1) is 15.2. The van der Waals surface area contributed by atoms with Crippen molar-refractivity contribution in [3.63, 3.8) is 0 Å². The second kappa shape index (κ2) is 9.57. The van der Waals surface area contributed by atoms with Gasteiger partial charge in [0.25, 0.3) is 5.91 Å². The molecule has 0 bridgehead atoms. The lowest BCUT2D eigenvalue weighted by Crippen LogP contribution is -2.23. The summed E-state index contributed by atoms with van der Waals surface area (Å²) in [7, 11) is 1.60. The Kier molecular flexibility index (Phi) is 6.22. The molecule has 0 saturated heterocycles. The molecule has 0 atom stereocenters. The summed E-state index contributed by atoms with van der Waals surface area (Å²) in [5.74, 6) is 1.89. The van der Waals surface area contributed by atoms with E-state index in [1.807, 2.05) is 22.9 Å². The van der Waals surface area contributed by atoms with E-state index in [0.29, 0.717) is 29.6 Å². The Labute approximate surface area is 178 Å². The van der Waals surface area contributed by atoms with Gasteiger partial charge in [0.1, 0.15) is 11.5 Å². The number of hydrogen-bond donors (Lipinski definition) is 1. The molecule has 2 aromatic heterocycles. The highest BCUT2D eigenvalue weighted by Crippen LogP contribution is 2.17. The number of methoxy groups -OCH3 is 1. The van der Waals surface area contributed by atoms with Gasteiger partial charge in [-0.3, -0.25) is 4.79 Å². The zero-order valence-corrected chi connectivity index (χ0v) is 16.9. The average molecular weight is 419 g/mol. The first-order valence-corrected chi connectivity index (χ1v) is 9.61. The first-order valence-electron chi connectivity index (χ1n) is 9.61. The van der Waals surface area contributed by atoms with Crippen molar-refractivity contribution >= 4 is 5.91 Å². The lowest BCUT2D eigenvalue weighted by molar-refractivity contribution is 0.0946. The van der Waals surface area contributed by atoms with Crippen molar-refractivity contribution in [2.45, 2.75) is 19.7 Å². The zero-order valence-electron chi connectivity index (χ0n) is 16.9. The summed E-state index contributed by atoms with van der Waals surface area (Å²) in [6.07, 6.45) is 5.37. The molecule has 0 aliphatic carbocycles. The van der Waals surface area contributed by atoms with E-state index in [9.17, 15) is 4.79 Å². The molecular weight excluding hydrogens is 398 g/mol. The fraction of sp³-hybridized carbons (Fsp3) is 0.182. The third-order valence-corrected chi connectivity index (χ3v) is 4.48. The Bertz CT molecular complexity index is 1110. The minimum Gasteiger partial charge on any atom is -0.497 e. The van der Waals surface area contributed by atoms with Crippen LogP contribution in [0.25, 0.3) is 0 Å². The predicted molar refractivity (Wildman–Crippen MR) is 111 cm³/mol. The standard InChI is InChI=1S/C22H21N5O4/c1-29-18-6-8-19(9-7-18)30-14-20-25-21(31-26-20)12-24-22(28)17-4-2-16(3-5-17)13-27-11-10-23-15-27/h2-11,15H,12-14H2,1H3,(H,24,28). The van der Waals surface area contributed by atoms with Crippen LogP contribution >= 0.6 is 0 Å². The van der Waals surface area contributed by atoms with Gasteiger partial charge in [-0.1, -0.05) is 17.3 Å². The fourth-order valence-electron chi connectivity index (χ4n) is 2.85. The number of benzene rings is 2. The molecular formula is C22H21N5O4. The highest BCUT2D eigenvalue weighted by Gasteiger charge is 2.10. The number of imidazole rings is 1. The van der Waals surface area contributed by atoms with Crippen molar-refractivity contribution in [1.82, 2.24) is 25.0 Å². The molecule has 0 saturated carbocycles. The Morgan fingerprint density at radius 1 is 1.10 bits per heavy atom. The maximum atomic E-state index is 12.4. The van der Waals surface area contributed by atoms with Gasteiger partial charge in [0.2, 0.25) is 11.7 Å². The molecule has 0 radical (unpaired) electrons. The molecule has 0 unspecified atom stereocenters. The van der Waals surface area contributed by atoms with Crippen LogP contribution in [0, 0.1) is 0 Å². The third kappa shape index (κ3) is 5.47. The second-order valence-corrected chi connectivity index (χ2v) is 6.68. The van der Waals surface area contributed by atoms with Gasteiger partial charge in [-0.15, -0.1) is 0 Å². The van der Waals surface area contributed by atoms with Crippen molar-refractivity contribution < 1.29 is 18.8 Å². The molecule has 1 amide bonds. The van der Waals surface area contributed by atoms with E-state index in [1.165, 1.54) is 0 Å². The lowest BCUT2D eigenvalue weighted by Gasteiger charge is -2.05. The summed E-state index contributed by atoms with van der Waals surface area (Å²) >= 11 is 0. The molecule has 4 aromatic rings. The van der Waals surface area contributed by atoms with E-state index < -0.39 is 0 Å². The average Bonchev–Trinajstić information content (AvgIpc) is 3.49. The van der Waals surface area contributed by atoms with Gasteiger partial charge in [-0.25, -0.2) is 4.98 Å². The van der Waals surface area contributed by atoms with Gasteiger partial charge in [-0.2, -0.15) is 4.98 Å². The molecule has 31 heavy (non-hydrogen) atoms. The van der Waals surface area contributed by atoms with Crippen molar-refractivity contribution in [1.29, 1.82) is 0 Å². The van der Waals surface area contributed by atoms with Gasteiger partial charge in [0.15, 0.2) is 6.61 Å². The van der Waals surface area contributed by atoms with Gasteiger partial charge in [-0.05, 0) is 42.0 Å². The fourth-order valence-corrected chi connectivity index (χ4v) is 2.85. The number of nitrogens with zero attached hydrogens (tertiary/aromatic N) is 4. The van der Waals surface area contributed by atoms with Gasteiger partial charge in [0, 0.05) is 24.5 Å². The summed E-state index contributed by atoms with van der Waals surface area (Å²) in [6, 6.07) is 14.6. The van der Waals surface area contributed by atoms with Crippen molar-refractivity contribution in [2.75, 3.05) is 7.11 Å². The minimum absolute atomic E-state index is 0.130. The van der Waals surface area contributed by atoms with Crippen LogP contribution in [-0.4, -0.2) is 32.7 Å². The van der Waals surface area contributed by atoms with Gasteiger partial charge in [0.05, 0.1) is 20.0 Å². The third-order valence-electron chi connectivity index (χ3n) is 4.48. The molecule has 9 nitrogen and oxygen atoms in total. The highest BCUT2D eigenvalue weighted by molar-refractivity contribution is 5.94. The van der Waals surface area contributed by atoms with E-state index >= 15 is 0 Å². The normalized spacial score (nSPS) is 10.6. The van der Waals surface area contributed by atoms with Gasteiger partial charge < -0.3 is 23.9 Å². The van der Waals surface area contributed by atoms with Crippen LogP contribution in [0.15, 0.2) is 71.8 Å². The largest absolute Gasteiger partial charge is 0.497 e. The molecule has 4 rings (SSSR count). The molecule has 158 valence electrons. The van der Waals surface area contributed by atoms with E-state index in [2.05, 4.69) is 20.4 Å². The summed E-state index contributed by atoms with van der Waals surface area (Å²) in [5.41, 5.74) is 1.63. The van der Waals surface area contributed by atoms with E-state index in [-0.39, 0.29) is 19.1 Å². The van der Waals surface area contributed by atoms with Crippen molar-refractivity contribution in [3.05, 3.63) is 90.1 Å². The summed E-state index contributed by atoms with van der Waals surface area (Å²) < 4.78 is 17.9. The molecule has 0 aliphatic rings. The number of rotatable bonds is 9. The van der Waals surface area contributed by atoms with Crippen LogP contribution < -0.4 is 14.8 Å². The van der Waals surface area contributed by atoms with Crippen LogP contribution in [-0.2, 0) is 19.7 Å². The summed E-state index contributed by atoms with van der Waals surface area (Å²) in [5, 5.41) is 6.64. The summed E-state index contributed by atoms with van der Waals surface area (Å²) in [4.78, 5) is 20.6. The number of aromatic nitrogens is 4. The maximum Gasteiger partial charge on any atom is 0.251 e. The lowest BCUT2D eigenvalue weighted by atomic mass is 10.1. The molecule has 0 spiro atoms. The maximum absolute atomic E-state index is 12.4. The van der Waals surface area contributed by atoms with Crippen LogP contribution in [0.1, 0.15) is 27.6 Å². The Balaban J connectivity index is 1.25. The molecule has 2 aromatic carbocycles. The number of nitrogens with one attached hydrogen (secondary N) is 1. The number of ether oxygens (including phenoxy) is 2. The molecule has 2 heterocycles. The van der Waals surface area contributed by atoms with E-state index in [0.717, 1.165) is 11.3 Å². The molecule has 1 N–H and O–H groups in total. The Morgan fingerprint density at radius 3 is 2.58 bits per heavy atom. The number of hydrogen-bond acceptors (Lipinski definition) is 7. The zero-order chi connectivity index (χ0) is 21.5. The van der Waals surface area contributed by atoms with Crippen LogP contribution in [0.3, 0.4) is 0 Å². The van der Waals surface area contributed by atoms with Crippen molar-refractivity contribution in [2.24, 2.45) is 0 Å². The number of carbonyl (C=O) groups excluding carboxylic acids is 1. The van der Waals surface area contributed by atoms with E-state index in [1.54, 1.807) is 56.0 Å². The minimum atomic E-state index is -0.219. The SMILES string of the molecule is COc1ccc(OCc2noc(CNC(=O)c3ccc(Cn4ccnc4)cc3)n2)cc1. The first kappa shape index (κ1) is 20.1. The quantitative estimate of drug-likeness (QED) is 0.445. The van der Waals surface area contributed by atoms with Crippen LogP contribution in [0.2, 0.25) is 0 Å². The summed E-state index contributed by atoms with van der Waals surface area (Å²) in [6.45, 7) is 0.985. The van der Waals surface area contributed by atoms with E-state index in [4.69, 9.17) is 14.0 Å². The topological polar surface area (TPSA) is 104 Å². The second-order valence-electron chi connectivity index (χ2n) is 6.68. The monoisotopic (exact) mass is 419 g/mol. The molecule has 9 heteroatoms. The van der Waals surface area contributed by atoms with Gasteiger partial charge >= 0.3 is 0 Å². The number of amides is 1. The highest BCUT2D eigenvalue weighted by atomic mass is 16.5. The predicted octanol–water partition coefficient (Wildman–Crippen LogP) is 2.83.